The Hall–Kier alpha value is 0.180. The summed E-state index contributed by atoms with van der Waals surface area (Å²) in [6.07, 6.45) is 2.33. The predicted molar refractivity (Wildman–Crippen MR) is 57.7 cm³/mol. The van der Waals surface area contributed by atoms with Gasteiger partial charge in [-0.3, -0.25) is 9.79 Å². The summed E-state index contributed by atoms with van der Waals surface area (Å²) >= 11 is 0.494. The van der Waals surface area contributed by atoms with Crippen LogP contribution in [-0.2, 0) is 25.2 Å². The highest BCUT2D eigenvalue weighted by atomic mass is 32.5. The van der Waals surface area contributed by atoms with Gasteiger partial charge in [-0.05, 0) is 13.1 Å². The number of hydrogen-bond acceptors (Lipinski definition) is 3. The second-order valence-corrected chi connectivity index (χ2v) is 8.15. The molecule has 84 valence electrons. The van der Waals surface area contributed by atoms with Crippen LogP contribution in [0, 0.1) is 0 Å². The van der Waals surface area contributed by atoms with Gasteiger partial charge in [-0.25, -0.2) is 13.5 Å². The van der Waals surface area contributed by atoms with Crippen molar-refractivity contribution in [3.8, 4) is 0 Å². The van der Waals surface area contributed by atoms with Crippen molar-refractivity contribution in [2.24, 2.45) is 0 Å². The van der Waals surface area contributed by atoms with Crippen molar-refractivity contribution in [2.45, 2.75) is 0 Å². The minimum absolute atomic E-state index is 0.0116. The summed E-state index contributed by atoms with van der Waals surface area (Å²) in [5.41, 5.74) is 0. The van der Waals surface area contributed by atoms with Crippen molar-refractivity contribution in [3.05, 3.63) is 11.5 Å². The summed E-state index contributed by atoms with van der Waals surface area (Å²) in [6, 6.07) is 0. The molecule has 3 N–H and O–H groups in total. The molecule has 0 aromatic heterocycles. The van der Waals surface area contributed by atoms with E-state index < -0.39 is 16.5 Å². The second-order valence-electron chi connectivity index (χ2n) is 2.33. The molecule has 0 aliphatic carbocycles. The van der Waals surface area contributed by atoms with Gasteiger partial charge in [-0.2, -0.15) is 0 Å². The normalized spacial score (nSPS) is 13.4. The van der Waals surface area contributed by atoms with Crippen LogP contribution in [0.2, 0.25) is 0 Å². The Bertz CT molecular complexity index is 343. The second kappa shape index (κ2) is 5.92. The van der Waals surface area contributed by atoms with Crippen LogP contribution in [0.4, 0.5) is 0 Å². The zero-order chi connectivity index (χ0) is 11.2. The molecule has 0 aliphatic rings. The molecule has 0 fully saturated rings. The van der Waals surface area contributed by atoms with Crippen molar-refractivity contribution in [3.63, 3.8) is 0 Å². The van der Waals surface area contributed by atoms with Gasteiger partial charge in [0.25, 0.3) is 0 Å². The summed E-state index contributed by atoms with van der Waals surface area (Å²) in [7, 11) is -1.76. The van der Waals surface area contributed by atoms with Gasteiger partial charge in [0.05, 0.1) is 0 Å². The zero-order valence-corrected chi connectivity index (χ0v) is 10.3. The van der Waals surface area contributed by atoms with E-state index >= 15 is 0 Å². The van der Waals surface area contributed by atoms with Gasteiger partial charge < -0.3 is 0 Å². The number of sulfone groups is 1. The molecule has 0 radical (unpaired) electrons. The van der Waals surface area contributed by atoms with E-state index in [0.29, 0.717) is 11.2 Å². The first-order valence-corrected chi connectivity index (χ1v) is 8.48. The van der Waals surface area contributed by atoms with Gasteiger partial charge >= 0.3 is 17.9 Å². The molecule has 0 aliphatic heterocycles. The lowest BCUT2D eigenvalue weighted by molar-refractivity contribution is 0.423. The van der Waals surface area contributed by atoms with Crippen LogP contribution in [-0.4, -0.2) is 38.1 Å². The third kappa shape index (κ3) is 8.76. The van der Waals surface area contributed by atoms with Gasteiger partial charge in [0.15, 0.2) is 9.84 Å². The lowest BCUT2D eigenvalue weighted by Gasteiger charge is -1.92. The van der Waals surface area contributed by atoms with E-state index in [2.05, 4.69) is 5.09 Å². The van der Waals surface area contributed by atoms with Crippen molar-refractivity contribution < 1.29 is 22.4 Å². The first-order valence-electron chi connectivity index (χ1n) is 3.48. The summed E-state index contributed by atoms with van der Waals surface area (Å²) < 4.78 is 25.9. The first kappa shape index (κ1) is 14.2. The maximum absolute atomic E-state index is 10.6. The number of rotatable bonds is 5. The fourth-order valence-electron chi connectivity index (χ4n) is 0.395. The molecule has 6 nitrogen and oxygen atoms in total. The van der Waals surface area contributed by atoms with Gasteiger partial charge in [0.2, 0.25) is 0 Å². The van der Waals surface area contributed by atoms with E-state index in [1.165, 1.54) is 13.1 Å². The molecular formula is C5H13NO5PS2+. The summed E-state index contributed by atoms with van der Waals surface area (Å²) in [5, 5.41) is 3.25. The zero-order valence-electron chi connectivity index (χ0n) is 7.74. The molecule has 0 spiro atoms. The molecule has 9 heteroatoms. The molecule has 0 saturated carbocycles. The van der Waals surface area contributed by atoms with Crippen LogP contribution >= 0.6 is 6.64 Å². The Morgan fingerprint density at radius 3 is 2.57 bits per heavy atom. The lowest BCUT2D eigenvalue weighted by atomic mass is 10.7. The highest BCUT2D eigenvalue weighted by Gasteiger charge is 2.22. The van der Waals surface area contributed by atoms with E-state index in [1.807, 2.05) is 0 Å². The quantitative estimate of drug-likeness (QED) is 0.266. The minimum atomic E-state index is -3.24. The average Bonchev–Trinajstić information content (AvgIpc) is 2.01. The van der Waals surface area contributed by atoms with Crippen molar-refractivity contribution in [1.29, 1.82) is 0 Å². The fraction of sp³-hybridized carbons (Fsp3) is 0.600. The number of nitrogens with one attached hydrogen (secondary N) is 1. The third-order valence-corrected chi connectivity index (χ3v) is 4.16. The lowest BCUT2D eigenvalue weighted by Crippen LogP contribution is -2.02. The van der Waals surface area contributed by atoms with Gasteiger partial charge in [0.1, 0.15) is 6.61 Å². The van der Waals surface area contributed by atoms with E-state index in [0.717, 1.165) is 11.7 Å². The Morgan fingerprint density at radius 1 is 1.57 bits per heavy atom. The topological polar surface area (TPSA) is 95.9 Å². The molecule has 0 atom stereocenters. The first-order chi connectivity index (χ1) is 6.27. The molecule has 0 unspecified atom stereocenters. The Labute approximate surface area is 86.9 Å². The molecule has 0 amide bonds. The largest absolute Gasteiger partial charge is 0.494 e. The third-order valence-electron chi connectivity index (χ3n) is 0.956. The molecule has 0 saturated heterocycles. The van der Waals surface area contributed by atoms with E-state index in [9.17, 15) is 8.42 Å². The van der Waals surface area contributed by atoms with Crippen LogP contribution in [0.15, 0.2) is 11.5 Å². The van der Waals surface area contributed by atoms with Crippen molar-refractivity contribution >= 4 is 27.7 Å². The molecule has 0 heterocycles. The standard InChI is InChI=1S/C5H13NO5PS2/c1-6-12(7,8)13-11-4-3-5-14(2,9)10/h3,5-8H,4H2,1-2H3/q+1. The molecule has 0 bridgehead atoms. The fourth-order valence-corrected chi connectivity index (χ4v) is 2.03. The Balaban J connectivity index is 4.01. The Morgan fingerprint density at radius 2 is 2.14 bits per heavy atom. The van der Waals surface area contributed by atoms with Crippen LogP contribution in [0.3, 0.4) is 0 Å². The van der Waals surface area contributed by atoms with E-state index in [4.69, 9.17) is 14.0 Å². The van der Waals surface area contributed by atoms with Crippen molar-refractivity contribution in [2.75, 3.05) is 19.9 Å². The summed E-state index contributed by atoms with van der Waals surface area (Å²) in [4.78, 5) is 18.1. The highest BCUT2D eigenvalue weighted by Crippen LogP contribution is 2.30. The van der Waals surface area contributed by atoms with Crippen LogP contribution in [0.25, 0.3) is 0 Å². The molecular weight excluding hydrogens is 249 g/mol. The Kier molecular flexibility index (Phi) is 5.99. The van der Waals surface area contributed by atoms with Crippen LogP contribution in [0.1, 0.15) is 0 Å². The molecule has 0 aromatic carbocycles. The maximum atomic E-state index is 10.6. The van der Waals surface area contributed by atoms with Gasteiger partial charge in [0, 0.05) is 11.7 Å². The summed E-state index contributed by atoms with van der Waals surface area (Å²) in [5.74, 6) is 0. The molecule has 0 aromatic rings. The monoisotopic (exact) mass is 262 g/mol. The van der Waals surface area contributed by atoms with Gasteiger partial charge in [-0.15, -0.1) is 0 Å². The minimum Gasteiger partial charge on any atom is -0.297 e. The predicted octanol–water partition coefficient (Wildman–Crippen LogP) is -0.559. The maximum Gasteiger partial charge on any atom is 0.494 e. The van der Waals surface area contributed by atoms with E-state index in [1.54, 1.807) is 0 Å². The summed E-state index contributed by atoms with van der Waals surface area (Å²) in [6.45, 7) is -3.25. The number of hydrogen-bond donors (Lipinski definition) is 3. The molecule has 14 heavy (non-hydrogen) atoms. The highest BCUT2D eigenvalue weighted by molar-refractivity contribution is 8.15. The average molecular weight is 262 g/mol. The van der Waals surface area contributed by atoms with Gasteiger partial charge in [-0.1, -0.05) is 4.18 Å². The molecule has 0 rings (SSSR count). The van der Waals surface area contributed by atoms with E-state index in [-0.39, 0.29) is 6.61 Å². The smallest absolute Gasteiger partial charge is 0.297 e. The van der Waals surface area contributed by atoms with Crippen LogP contribution < -0.4 is 5.09 Å². The SMILES string of the molecule is CNP(O)(O)=[S+]OCC=CS(C)(=O)=O. The van der Waals surface area contributed by atoms with Crippen LogP contribution in [0.5, 0.6) is 0 Å². The van der Waals surface area contributed by atoms with Crippen molar-refractivity contribution in [1.82, 2.24) is 5.09 Å².